The SMILES string of the molecule is CN(C)C(=O)CN1C(=O)c2oc3cc(Br)ccc3c2OCC1(C)C(=O)O. The number of nitrogens with zero attached hydrogens (tertiary/aromatic N) is 2. The number of carbonyl (C=O) groups excluding carboxylic acids is 2. The molecule has 26 heavy (non-hydrogen) atoms. The van der Waals surface area contributed by atoms with E-state index in [4.69, 9.17) is 9.15 Å². The van der Waals surface area contributed by atoms with E-state index in [9.17, 15) is 19.5 Å². The van der Waals surface area contributed by atoms with Gasteiger partial charge in [0.05, 0.1) is 5.39 Å². The maximum absolute atomic E-state index is 13.1. The second-order valence-electron chi connectivity index (χ2n) is 6.45. The average Bonchev–Trinajstić information content (AvgIpc) is 2.89. The summed E-state index contributed by atoms with van der Waals surface area (Å²) < 4.78 is 12.1. The van der Waals surface area contributed by atoms with Crippen LogP contribution in [0.1, 0.15) is 17.5 Å². The van der Waals surface area contributed by atoms with Crippen LogP contribution >= 0.6 is 15.9 Å². The smallest absolute Gasteiger partial charge is 0.332 e. The fraction of sp³-hybridized carbons (Fsp3) is 0.353. The van der Waals surface area contributed by atoms with Crippen LogP contribution in [0.15, 0.2) is 27.1 Å². The van der Waals surface area contributed by atoms with Crippen LogP contribution in [0.4, 0.5) is 0 Å². The van der Waals surface area contributed by atoms with E-state index in [0.29, 0.717) is 11.0 Å². The summed E-state index contributed by atoms with van der Waals surface area (Å²) >= 11 is 3.33. The molecule has 1 aliphatic rings. The first-order valence-corrected chi connectivity index (χ1v) is 8.55. The average molecular weight is 425 g/mol. The first-order valence-electron chi connectivity index (χ1n) is 7.75. The zero-order chi connectivity index (χ0) is 19.2. The van der Waals surface area contributed by atoms with Crippen molar-refractivity contribution >= 4 is 44.7 Å². The van der Waals surface area contributed by atoms with Gasteiger partial charge in [0.1, 0.15) is 18.7 Å². The molecule has 0 aliphatic carbocycles. The molecule has 1 aromatic carbocycles. The Morgan fingerprint density at radius 2 is 2.08 bits per heavy atom. The summed E-state index contributed by atoms with van der Waals surface area (Å²) in [5, 5.41) is 10.3. The number of fused-ring (bicyclic) bond motifs is 3. The van der Waals surface area contributed by atoms with E-state index in [1.807, 2.05) is 0 Å². The predicted octanol–water partition coefficient (Wildman–Crippen LogP) is 1.96. The fourth-order valence-electron chi connectivity index (χ4n) is 2.67. The summed E-state index contributed by atoms with van der Waals surface area (Å²) in [6, 6.07) is 5.17. The second-order valence-corrected chi connectivity index (χ2v) is 7.36. The van der Waals surface area contributed by atoms with E-state index in [0.717, 1.165) is 9.37 Å². The molecule has 0 radical (unpaired) electrons. The quantitative estimate of drug-likeness (QED) is 0.807. The normalized spacial score (nSPS) is 19.7. The van der Waals surface area contributed by atoms with Crippen LogP contribution in [0.25, 0.3) is 11.0 Å². The molecule has 1 unspecified atom stereocenters. The molecule has 0 saturated carbocycles. The molecular weight excluding hydrogens is 408 g/mol. The van der Waals surface area contributed by atoms with Gasteiger partial charge in [-0.05, 0) is 25.1 Å². The van der Waals surface area contributed by atoms with Gasteiger partial charge in [-0.2, -0.15) is 0 Å². The van der Waals surface area contributed by atoms with Crippen molar-refractivity contribution in [3.63, 3.8) is 0 Å². The summed E-state index contributed by atoms with van der Waals surface area (Å²) in [5.41, 5.74) is -1.29. The van der Waals surface area contributed by atoms with E-state index < -0.39 is 29.9 Å². The van der Waals surface area contributed by atoms with E-state index in [2.05, 4.69) is 15.9 Å². The topological polar surface area (TPSA) is 100 Å². The maximum atomic E-state index is 13.1. The van der Waals surface area contributed by atoms with E-state index in [1.165, 1.54) is 25.9 Å². The Morgan fingerprint density at radius 3 is 2.69 bits per heavy atom. The van der Waals surface area contributed by atoms with Crippen molar-refractivity contribution in [3.8, 4) is 5.75 Å². The van der Waals surface area contributed by atoms with Crippen molar-refractivity contribution in [2.75, 3.05) is 27.2 Å². The van der Waals surface area contributed by atoms with Gasteiger partial charge in [-0.1, -0.05) is 15.9 Å². The summed E-state index contributed by atoms with van der Waals surface area (Å²) in [6.45, 7) is 0.630. The fourth-order valence-corrected chi connectivity index (χ4v) is 3.01. The minimum atomic E-state index is -1.72. The molecule has 0 bridgehead atoms. The number of amides is 2. The largest absolute Gasteiger partial charge is 0.486 e. The third kappa shape index (κ3) is 2.82. The molecule has 138 valence electrons. The van der Waals surface area contributed by atoms with Crippen LogP contribution in [-0.2, 0) is 9.59 Å². The highest BCUT2D eigenvalue weighted by molar-refractivity contribution is 9.10. The highest BCUT2D eigenvalue weighted by Crippen LogP contribution is 2.39. The number of hydrogen-bond acceptors (Lipinski definition) is 5. The second kappa shape index (κ2) is 6.31. The molecule has 1 atom stereocenters. The molecule has 0 saturated heterocycles. The molecule has 2 aromatic rings. The van der Waals surface area contributed by atoms with Crippen LogP contribution in [-0.4, -0.2) is 65.5 Å². The maximum Gasteiger partial charge on any atom is 0.332 e. The number of rotatable bonds is 3. The zero-order valence-corrected chi connectivity index (χ0v) is 16.0. The molecule has 0 spiro atoms. The molecule has 3 rings (SSSR count). The number of carbonyl (C=O) groups is 3. The molecule has 1 aromatic heterocycles. The lowest BCUT2D eigenvalue weighted by atomic mass is 10.0. The summed E-state index contributed by atoms with van der Waals surface area (Å²) in [7, 11) is 3.06. The zero-order valence-electron chi connectivity index (χ0n) is 14.4. The standard InChI is InChI=1S/C17H17BrN2O6/c1-17(16(23)24)8-25-13-10-5-4-9(18)6-11(10)26-14(13)15(22)20(17)7-12(21)19(2)3/h4-6H,7-8H2,1-3H3,(H,23,24). The lowest BCUT2D eigenvalue weighted by Crippen LogP contribution is -2.59. The van der Waals surface area contributed by atoms with Gasteiger partial charge < -0.3 is 24.1 Å². The number of carboxylic acids is 1. The van der Waals surface area contributed by atoms with Gasteiger partial charge in [-0.15, -0.1) is 0 Å². The summed E-state index contributed by atoms with van der Waals surface area (Å²) in [4.78, 5) is 39.4. The van der Waals surface area contributed by atoms with E-state index >= 15 is 0 Å². The van der Waals surface area contributed by atoms with Gasteiger partial charge in [0.15, 0.2) is 11.3 Å². The van der Waals surface area contributed by atoms with Gasteiger partial charge in [-0.25, -0.2) is 4.79 Å². The van der Waals surface area contributed by atoms with Gasteiger partial charge >= 0.3 is 5.97 Å². The van der Waals surface area contributed by atoms with Crippen molar-refractivity contribution in [2.45, 2.75) is 12.5 Å². The molecular formula is C17H17BrN2O6. The third-order valence-corrected chi connectivity index (χ3v) is 4.89. The Bertz CT molecular complexity index is 921. The molecule has 0 fully saturated rings. The van der Waals surface area contributed by atoms with Crippen LogP contribution < -0.4 is 4.74 Å². The lowest BCUT2D eigenvalue weighted by Gasteiger charge is -2.35. The predicted molar refractivity (Wildman–Crippen MR) is 95.2 cm³/mol. The number of aliphatic carboxylic acids is 1. The van der Waals surface area contributed by atoms with E-state index in [-0.39, 0.29) is 18.1 Å². The molecule has 1 aliphatic heterocycles. The Kier molecular flexibility index (Phi) is 4.43. The van der Waals surface area contributed by atoms with Crippen molar-refractivity contribution in [1.29, 1.82) is 0 Å². The van der Waals surface area contributed by atoms with Gasteiger partial charge in [-0.3, -0.25) is 9.59 Å². The molecule has 8 nitrogen and oxygen atoms in total. The minimum absolute atomic E-state index is 0.116. The lowest BCUT2D eigenvalue weighted by molar-refractivity contribution is -0.151. The van der Waals surface area contributed by atoms with Gasteiger partial charge in [0.25, 0.3) is 5.91 Å². The van der Waals surface area contributed by atoms with Gasteiger partial charge in [0.2, 0.25) is 11.7 Å². The monoisotopic (exact) mass is 424 g/mol. The highest BCUT2D eigenvalue weighted by Gasteiger charge is 2.49. The van der Waals surface area contributed by atoms with Crippen LogP contribution in [0, 0.1) is 0 Å². The van der Waals surface area contributed by atoms with Crippen LogP contribution in [0.3, 0.4) is 0 Å². The Morgan fingerprint density at radius 1 is 1.38 bits per heavy atom. The summed E-state index contributed by atoms with van der Waals surface area (Å²) in [6.07, 6.45) is 0. The number of benzene rings is 1. The Balaban J connectivity index is 2.14. The Hall–Kier alpha value is -2.55. The number of furan rings is 1. The number of carboxylic acid groups (broad SMARTS) is 1. The first kappa shape index (κ1) is 18.2. The minimum Gasteiger partial charge on any atom is -0.486 e. The molecule has 2 amide bonds. The Labute approximate surface area is 157 Å². The molecule has 9 heteroatoms. The van der Waals surface area contributed by atoms with Crippen molar-refractivity contribution in [1.82, 2.24) is 9.80 Å². The van der Waals surface area contributed by atoms with Gasteiger partial charge in [0, 0.05) is 18.6 Å². The van der Waals surface area contributed by atoms with Crippen LogP contribution in [0.2, 0.25) is 0 Å². The van der Waals surface area contributed by atoms with Crippen LogP contribution in [0.5, 0.6) is 5.75 Å². The number of halogens is 1. The highest BCUT2D eigenvalue weighted by atomic mass is 79.9. The summed E-state index contributed by atoms with van der Waals surface area (Å²) in [5.74, 6) is -2.31. The van der Waals surface area contributed by atoms with Crippen molar-refractivity contribution in [3.05, 3.63) is 28.4 Å². The number of likely N-dealkylation sites (N-methyl/N-ethyl adjacent to an activating group) is 1. The molecule has 1 N–H and O–H groups in total. The molecule has 2 heterocycles. The number of hydrogen-bond donors (Lipinski definition) is 1. The third-order valence-electron chi connectivity index (χ3n) is 4.39. The van der Waals surface area contributed by atoms with Crippen molar-refractivity contribution < 1.29 is 28.6 Å². The van der Waals surface area contributed by atoms with E-state index in [1.54, 1.807) is 18.2 Å². The van der Waals surface area contributed by atoms with Crippen molar-refractivity contribution in [2.24, 2.45) is 0 Å². The number of ether oxygens (including phenoxy) is 1. The first-order chi connectivity index (χ1) is 12.1.